The van der Waals surface area contributed by atoms with Crippen LogP contribution >= 0.6 is 0 Å². The highest BCUT2D eigenvalue weighted by Gasteiger charge is 2.13. The van der Waals surface area contributed by atoms with Gasteiger partial charge in [0.25, 0.3) is 0 Å². The summed E-state index contributed by atoms with van der Waals surface area (Å²) in [6, 6.07) is 15.8. The van der Waals surface area contributed by atoms with E-state index in [4.69, 9.17) is 4.74 Å². The largest absolute Gasteiger partial charge is 0.374 e. The molecule has 5 nitrogen and oxygen atoms in total. The first-order valence-corrected chi connectivity index (χ1v) is 8.50. The molecule has 6 heteroatoms. The van der Waals surface area contributed by atoms with E-state index in [1.54, 1.807) is 12.7 Å². The highest BCUT2D eigenvalue weighted by Crippen LogP contribution is 2.23. The van der Waals surface area contributed by atoms with Crippen molar-refractivity contribution in [2.24, 2.45) is 0 Å². The summed E-state index contributed by atoms with van der Waals surface area (Å²) >= 11 is 0. The van der Waals surface area contributed by atoms with Crippen molar-refractivity contribution < 1.29 is 9.13 Å². The first-order chi connectivity index (χ1) is 12.8. The average molecular weight is 350 g/mol. The van der Waals surface area contributed by atoms with E-state index in [1.165, 1.54) is 0 Å². The van der Waals surface area contributed by atoms with Crippen LogP contribution in [0.15, 0.2) is 67.4 Å². The maximum atomic E-state index is 14.4. The van der Waals surface area contributed by atoms with Gasteiger partial charge < -0.3 is 9.72 Å². The summed E-state index contributed by atoms with van der Waals surface area (Å²) in [7, 11) is 0. The van der Waals surface area contributed by atoms with Crippen molar-refractivity contribution in [1.29, 1.82) is 0 Å². The van der Waals surface area contributed by atoms with Crippen LogP contribution < -0.4 is 0 Å². The predicted molar refractivity (Wildman–Crippen MR) is 97.9 cm³/mol. The Kier molecular flexibility index (Phi) is 4.75. The second-order valence-corrected chi connectivity index (χ2v) is 6.22. The molecule has 26 heavy (non-hydrogen) atoms. The molecule has 0 saturated heterocycles. The van der Waals surface area contributed by atoms with Gasteiger partial charge in [0.1, 0.15) is 18.8 Å². The van der Waals surface area contributed by atoms with Crippen LogP contribution in [0.25, 0.3) is 16.6 Å². The Morgan fingerprint density at radius 2 is 1.88 bits per heavy atom. The number of halogens is 1. The number of ether oxygens (including phenoxy) is 1. The lowest BCUT2D eigenvalue weighted by Crippen LogP contribution is -2.13. The summed E-state index contributed by atoms with van der Waals surface area (Å²) in [4.78, 5) is 3.20. The maximum Gasteiger partial charge on any atom is 0.127 e. The summed E-state index contributed by atoms with van der Waals surface area (Å²) in [6.07, 6.45) is 4.40. The van der Waals surface area contributed by atoms with Crippen molar-refractivity contribution in [2.75, 3.05) is 6.61 Å². The van der Waals surface area contributed by atoms with E-state index in [2.05, 4.69) is 15.2 Å². The lowest BCUT2D eigenvalue weighted by atomic mass is 10.1. The molecule has 0 saturated carbocycles. The van der Waals surface area contributed by atoms with E-state index < -0.39 is 6.17 Å². The molecule has 1 N–H and O–H groups in total. The molecule has 0 amide bonds. The third-order valence-corrected chi connectivity index (χ3v) is 4.32. The van der Waals surface area contributed by atoms with Gasteiger partial charge in [0.05, 0.1) is 13.2 Å². The molecule has 2 aromatic heterocycles. The maximum absolute atomic E-state index is 14.4. The fraction of sp³-hybridized carbons (Fsp3) is 0.200. The van der Waals surface area contributed by atoms with Gasteiger partial charge in [0.2, 0.25) is 0 Å². The number of nitrogens with one attached hydrogen (secondary N) is 1. The molecule has 4 rings (SSSR count). The molecule has 0 spiro atoms. The van der Waals surface area contributed by atoms with Gasteiger partial charge in [0.15, 0.2) is 0 Å². The third-order valence-electron chi connectivity index (χ3n) is 4.32. The average Bonchev–Trinajstić information content (AvgIpc) is 3.33. The van der Waals surface area contributed by atoms with E-state index in [0.717, 1.165) is 27.7 Å². The Morgan fingerprint density at radius 3 is 2.69 bits per heavy atom. The lowest BCUT2D eigenvalue weighted by molar-refractivity contribution is 0.0699. The number of hydrogen-bond donors (Lipinski definition) is 1. The third kappa shape index (κ3) is 3.65. The zero-order valence-electron chi connectivity index (χ0n) is 14.2. The molecule has 132 valence electrons. The van der Waals surface area contributed by atoms with Gasteiger partial charge in [-0.1, -0.05) is 30.3 Å². The van der Waals surface area contributed by atoms with Crippen molar-refractivity contribution in [3.05, 3.63) is 78.5 Å². The quantitative estimate of drug-likeness (QED) is 0.551. The topological polar surface area (TPSA) is 55.7 Å². The van der Waals surface area contributed by atoms with Crippen molar-refractivity contribution in [3.63, 3.8) is 0 Å². The molecule has 2 aromatic carbocycles. The number of benzene rings is 2. The summed E-state index contributed by atoms with van der Waals surface area (Å²) < 4.78 is 21.8. The van der Waals surface area contributed by atoms with Crippen molar-refractivity contribution >= 4 is 10.9 Å². The number of aromatic nitrogens is 4. The minimum atomic E-state index is -1.06. The van der Waals surface area contributed by atoms with E-state index >= 15 is 0 Å². The van der Waals surface area contributed by atoms with Crippen LogP contribution in [0.5, 0.6) is 0 Å². The van der Waals surface area contributed by atoms with Gasteiger partial charge in [-0.25, -0.2) is 4.39 Å². The Balaban J connectivity index is 1.42. The second-order valence-electron chi connectivity index (χ2n) is 6.22. The molecule has 0 aliphatic heterocycles. The van der Waals surface area contributed by atoms with Crippen molar-refractivity contribution in [3.8, 4) is 5.69 Å². The first-order valence-electron chi connectivity index (χ1n) is 8.50. The predicted octanol–water partition coefficient (Wildman–Crippen LogP) is 3.85. The van der Waals surface area contributed by atoms with Crippen LogP contribution in [0, 0.1) is 0 Å². The number of aromatic amines is 1. The molecule has 0 aliphatic carbocycles. The summed E-state index contributed by atoms with van der Waals surface area (Å²) in [5, 5.41) is 8.65. The van der Waals surface area contributed by atoms with Gasteiger partial charge in [-0.05, 0) is 29.3 Å². The molecule has 0 unspecified atom stereocenters. The standard InChI is InChI=1S/C20H19FN4O/c21-17(12-26-11-15-4-2-1-3-5-15)8-16-10-22-20-7-6-18(9-19(16)20)25-13-23-24-14-25/h1-7,9-10,13-14,17,22H,8,11-12H2/t17-/m0/s1. The molecular weight excluding hydrogens is 331 g/mol. The Labute approximate surface area is 150 Å². The molecule has 0 bridgehead atoms. The minimum Gasteiger partial charge on any atom is -0.374 e. The van der Waals surface area contributed by atoms with Crippen LogP contribution in [-0.2, 0) is 17.8 Å². The van der Waals surface area contributed by atoms with E-state index in [-0.39, 0.29) is 6.61 Å². The zero-order chi connectivity index (χ0) is 17.8. The fourth-order valence-electron chi connectivity index (χ4n) is 3.01. The van der Waals surface area contributed by atoms with Crippen LogP contribution in [0.4, 0.5) is 4.39 Å². The monoisotopic (exact) mass is 350 g/mol. The molecule has 0 radical (unpaired) electrons. The molecule has 0 aliphatic rings. The summed E-state index contributed by atoms with van der Waals surface area (Å²) in [5.74, 6) is 0. The van der Waals surface area contributed by atoms with Crippen molar-refractivity contribution in [1.82, 2.24) is 19.7 Å². The second kappa shape index (κ2) is 7.49. The van der Waals surface area contributed by atoms with Crippen LogP contribution in [0.3, 0.4) is 0 Å². The minimum absolute atomic E-state index is 0.0761. The number of alkyl halides is 1. The lowest BCUT2D eigenvalue weighted by Gasteiger charge is -2.09. The van der Waals surface area contributed by atoms with E-state index in [1.807, 2.05) is 59.3 Å². The Morgan fingerprint density at radius 1 is 1.08 bits per heavy atom. The van der Waals surface area contributed by atoms with Crippen LogP contribution in [0.2, 0.25) is 0 Å². The number of rotatable bonds is 7. The molecule has 4 aromatic rings. The van der Waals surface area contributed by atoms with E-state index in [9.17, 15) is 4.39 Å². The first kappa shape index (κ1) is 16.5. The zero-order valence-corrected chi connectivity index (χ0v) is 14.2. The Hall–Kier alpha value is -2.99. The summed E-state index contributed by atoms with van der Waals surface area (Å²) in [6.45, 7) is 0.500. The molecule has 0 fully saturated rings. The van der Waals surface area contributed by atoms with Gasteiger partial charge in [-0.15, -0.1) is 10.2 Å². The smallest absolute Gasteiger partial charge is 0.127 e. The highest BCUT2D eigenvalue weighted by molar-refractivity contribution is 5.85. The van der Waals surface area contributed by atoms with E-state index in [0.29, 0.717) is 13.0 Å². The van der Waals surface area contributed by atoms with Gasteiger partial charge >= 0.3 is 0 Å². The molecular formula is C20H19FN4O. The SMILES string of the molecule is F[C@H](COCc1ccccc1)Cc1c[nH]c2ccc(-n3cnnc3)cc12. The fourth-order valence-corrected chi connectivity index (χ4v) is 3.01. The number of nitrogens with zero attached hydrogens (tertiary/aromatic N) is 3. The van der Waals surface area contributed by atoms with Gasteiger partial charge in [0, 0.05) is 29.2 Å². The number of fused-ring (bicyclic) bond motifs is 1. The normalized spacial score (nSPS) is 12.5. The molecule has 2 heterocycles. The Bertz CT molecular complexity index is 966. The summed E-state index contributed by atoms with van der Waals surface area (Å²) in [5.41, 5.74) is 3.91. The van der Waals surface area contributed by atoms with Gasteiger partial charge in [-0.2, -0.15) is 0 Å². The van der Waals surface area contributed by atoms with Crippen LogP contribution in [-0.4, -0.2) is 32.5 Å². The number of hydrogen-bond acceptors (Lipinski definition) is 3. The molecule has 1 atom stereocenters. The van der Waals surface area contributed by atoms with Crippen LogP contribution in [0.1, 0.15) is 11.1 Å². The van der Waals surface area contributed by atoms with Crippen molar-refractivity contribution in [2.45, 2.75) is 19.2 Å². The number of H-pyrrole nitrogens is 1. The van der Waals surface area contributed by atoms with Gasteiger partial charge in [-0.3, -0.25) is 4.57 Å². The highest BCUT2D eigenvalue weighted by atomic mass is 19.1.